The third-order valence-corrected chi connectivity index (χ3v) is 5.41. The number of rotatable bonds is 7. The van der Waals surface area contributed by atoms with Crippen molar-refractivity contribution < 1.29 is 14.3 Å². The molecule has 2 aromatic carbocycles. The van der Waals surface area contributed by atoms with Gasteiger partial charge in [-0.3, -0.25) is 4.79 Å². The molecule has 1 heterocycles. The van der Waals surface area contributed by atoms with Crippen molar-refractivity contribution in [1.29, 1.82) is 0 Å². The molecule has 5 heteroatoms. The van der Waals surface area contributed by atoms with E-state index in [1.165, 1.54) is 0 Å². The highest BCUT2D eigenvalue weighted by molar-refractivity contribution is 5.93. The third kappa shape index (κ3) is 5.33. The van der Waals surface area contributed by atoms with Crippen LogP contribution >= 0.6 is 0 Å². The van der Waals surface area contributed by atoms with Gasteiger partial charge < -0.3 is 20.5 Å². The standard InChI is InChI=1S/C23H30N2O3/c1-16-8-9-20(14-21(16)28-15-18-10-12-27-13-11-18)25-23(26)17(2)22(24)19-6-4-3-5-7-19/h3-9,14,17-18,22H,10-13,15,24H2,1-2H3,(H,25,26). The minimum Gasteiger partial charge on any atom is -0.493 e. The molecule has 0 saturated carbocycles. The van der Waals surface area contributed by atoms with E-state index < -0.39 is 0 Å². The fourth-order valence-electron chi connectivity index (χ4n) is 3.34. The van der Waals surface area contributed by atoms with Crippen molar-refractivity contribution in [3.8, 4) is 5.75 Å². The molecule has 1 aliphatic rings. The van der Waals surface area contributed by atoms with Gasteiger partial charge in [-0.1, -0.05) is 43.3 Å². The SMILES string of the molecule is Cc1ccc(NC(=O)C(C)C(N)c2ccccc2)cc1OCC1CCOCC1. The molecule has 2 atom stereocenters. The van der Waals surface area contributed by atoms with E-state index in [0.717, 1.165) is 48.6 Å². The number of ether oxygens (including phenoxy) is 2. The van der Waals surface area contributed by atoms with Gasteiger partial charge in [0.1, 0.15) is 5.75 Å². The smallest absolute Gasteiger partial charge is 0.229 e. The highest BCUT2D eigenvalue weighted by atomic mass is 16.5. The lowest BCUT2D eigenvalue weighted by Gasteiger charge is -2.23. The Bertz CT molecular complexity index is 773. The summed E-state index contributed by atoms with van der Waals surface area (Å²) in [7, 11) is 0. The molecule has 3 N–H and O–H groups in total. The van der Waals surface area contributed by atoms with Crippen LogP contribution in [0.3, 0.4) is 0 Å². The van der Waals surface area contributed by atoms with Gasteiger partial charge in [0.05, 0.1) is 12.5 Å². The molecule has 2 unspecified atom stereocenters. The van der Waals surface area contributed by atoms with E-state index in [9.17, 15) is 4.79 Å². The van der Waals surface area contributed by atoms with E-state index in [4.69, 9.17) is 15.2 Å². The summed E-state index contributed by atoms with van der Waals surface area (Å²) in [6.45, 7) is 6.16. The van der Waals surface area contributed by atoms with Crippen molar-refractivity contribution in [1.82, 2.24) is 0 Å². The second-order valence-corrected chi connectivity index (χ2v) is 7.56. The molecule has 1 aliphatic heterocycles. The number of carbonyl (C=O) groups is 1. The summed E-state index contributed by atoms with van der Waals surface area (Å²) in [6, 6.07) is 15.1. The van der Waals surface area contributed by atoms with E-state index in [1.54, 1.807) is 0 Å². The molecule has 1 saturated heterocycles. The van der Waals surface area contributed by atoms with Crippen LogP contribution < -0.4 is 15.8 Å². The summed E-state index contributed by atoms with van der Waals surface area (Å²) < 4.78 is 11.4. The Morgan fingerprint density at radius 3 is 2.64 bits per heavy atom. The number of hydrogen-bond donors (Lipinski definition) is 2. The molecule has 0 radical (unpaired) electrons. The number of carbonyl (C=O) groups excluding carboxylic acids is 1. The van der Waals surface area contributed by atoms with Gasteiger partial charge in [0.15, 0.2) is 0 Å². The highest BCUT2D eigenvalue weighted by Crippen LogP contribution is 2.26. The average Bonchev–Trinajstić information content (AvgIpc) is 2.74. The van der Waals surface area contributed by atoms with Gasteiger partial charge in [0, 0.05) is 31.0 Å². The van der Waals surface area contributed by atoms with Crippen LogP contribution in [0.2, 0.25) is 0 Å². The number of benzene rings is 2. The molecule has 1 fully saturated rings. The first kappa shape index (κ1) is 20.4. The average molecular weight is 383 g/mol. The molecule has 3 rings (SSSR count). The van der Waals surface area contributed by atoms with E-state index in [0.29, 0.717) is 12.5 Å². The van der Waals surface area contributed by atoms with Gasteiger partial charge in [-0.15, -0.1) is 0 Å². The van der Waals surface area contributed by atoms with E-state index >= 15 is 0 Å². The Morgan fingerprint density at radius 1 is 1.21 bits per heavy atom. The largest absolute Gasteiger partial charge is 0.493 e. The van der Waals surface area contributed by atoms with Crippen molar-refractivity contribution in [3.05, 3.63) is 59.7 Å². The topological polar surface area (TPSA) is 73.6 Å². The molecule has 5 nitrogen and oxygen atoms in total. The van der Waals surface area contributed by atoms with Crippen LogP contribution in [0.1, 0.15) is 36.9 Å². The van der Waals surface area contributed by atoms with Crippen LogP contribution in [0.5, 0.6) is 5.75 Å². The fraction of sp³-hybridized carbons (Fsp3) is 0.435. The molecule has 2 aromatic rings. The minimum atomic E-state index is -0.352. The van der Waals surface area contributed by atoms with Crippen LogP contribution in [0.4, 0.5) is 5.69 Å². The van der Waals surface area contributed by atoms with Gasteiger partial charge in [0.25, 0.3) is 0 Å². The second-order valence-electron chi connectivity index (χ2n) is 7.56. The molecule has 0 aliphatic carbocycles. The van der Waals surface area contributed by atoms with E-state index in [2.05, 4.69) is 5.32 Å². The minimum absolute atomic E-state index is 0.101. The number of hydrogen-bond acceptors (Lipinski definition) is 4. The Kier molecular flexibility index (Phi) is 7.06. The summed E-state index contributed by atoms with van der Waals surface area (Å²) in [5.41, 5.74) is 9.02. The third-order valence-electron chi connectivity index (χ3n) is 5.41. The Morgan fingerprint density at radius 2 is 1.93 bits per heavy atom. The van der Waals surface area contributed by atoms with Crippen LogP contribution in [-0.4, -0.2) is 25.7 Å². The van der Waals surface area contributed by atoms with Crippen molar-refractivity contribution in [2.75, 3.05) is 25.1 Å². The van der Waals surface area contributed by atoms with Crippen molar-refractivity contribution >= 4 is 11.6 Å². The van der Waals surface area contributed by atoms with Crippen molar-refractivity contribution in [2.24, 2.45) is 17.6 Å². The summed E-state index contributed by atoms with van der Waals surface area (Å²) in [5, 5.41) is 2.98. The summed E-state index contributed by atoms with van der Waals surface area (Å²) >= 11 is 0. The number of amides is 1. The van der Waals surface area contributed by atoms with E-state index in [-0.39, 0.29) is 17.9 Å². The lowest BCUT2D eigenvalue weighted by Crippen LogP contribution is -2.30. The summed E-state index contributed by atoms with van der Waals surface area (Å²) in [4.78, 5) is 12.7. The van der Waals surface area contributed by atoms with Crippen LogP contribution in [0, 0.1) is 18.8 Å². The predicted octanol–water partition coefficient (Wildman–Crippen LogP) is 4.08. The molecule has 0 spiro atoms. The molecule has 1 amide bonds. The van der Waals surface area contributed by atoms with Gasteiger partial charge in [-0.25, -0.2) is 0 Å². The van der Waals surface area contributed by atoms with Crippen molar-refractivity contribution in [3.63, 3.8) is 0 Å². The quantitative estimate of drug-likeness (QED) is 0.757. The second kappa shape index (κ2) is 9.71. The van der Waals surface area contributed by atoms with Crippen LogP contribution in [-0.2, 0) is 9.53 Å². The molecule has 150 valence electrons. The first-order chi connectivity index (χ1) is 13.5. The number of aryl methyl sites for hydroxylation is 1. The zero-order chi connectivity index (χ0) is 19.9. The Labute approximate surface area is 167 Å². The lowest BCUT2D eigenvalue weighted by atomic mass is 9.94. The maximum Gasteiger partial charge on any atom is 0.229 e. The van der Waals surface area contributed by atoms with Gasteiger partial charge in [0.2, 0.25) is 5.91 Å². The van der Waals surface area contributed by atoms with Crippen molar-refractivity contribution in [2.45, 2.75) is 32.7 Å². The zero-order valence-electron chi connectivity index (χ0n) is 16.7. The molecular formula is C23H30N2O3. The summed E-state index contributed by atoms with van der Waals surface area (Å²) in [5.74, 6) is 0.880. The predicted molar refractivity (Wildman–Crippen MR) is 111 cm³/mol. The number of nitrogens with one attached hydrogen (secondary N) is 1. The first-order valence-corrected chi connectivity index (χ1v) is 9.97. The maximum absolute atomic E-state index is 12.7. The van der Waals surface area contributed by atoms with Gasteiger partial charge in [-0.2, -0.15) is 0 Å². The number of nitrogens with two attached hydrogens (primary N) is 1. The van der Waals surface area contributed by atoms with E-state index in [1.807, 2.05) is 62.4 Å². The maximum atomic E-state index is 12.7. The van der Waals surface area contributed by atoms with Gasteiger partial charge >= 0.3 is 0 Å². The Hall–Kier alpha value is -2.37. The Balaban J connectivity index is 1.60. The first-order valence-electron chi connectivity index (χ1n) is 9.97. The molecule has 0 bridgehead atoms. The molecule has 0 aromatic heterocycles. The van der Waals surface area contributed by atoms with Gasteiger partial charge in [-0.05, 0) is 42.9 Å². The normalized spacial score (nSPS) is 17.0. The lowest BCUT2D eigenvalue weighted by molar-refractivity contribution is -0.120. The molecular weight excluding hydrogens is 352 g/mol. The fourth-order valence-corrected chi connectivity index (χ4v) is 3.34. The van der Waals surface area contributed by atoms with Crippen LogP contribution in [0.15, 0.2) is 48.5 Å². The molecule has 28 heavy (non-hydrogen) atoms. The monoisotopic (exact) mass is 382 g/mol. The van der Waals surface area contributed by atoms with Crippen LogP contribution in [0.25, 0.3) is 0 Å². The highest BCUT2D eigenvalue weighted by Gasteiger charge is 2.22. The zero-order valence-corrected chi connectivity index (χ0v) is 16.7. The number of anilines is 1. The summed E-state index contributed by atoms with van der Waals surface area (Å²) in [6.07, 6.45) is 2.06.